The van der Waals surface area contributed by atoms with Crippen molar-refractivity contribution in [1.29, 1.82) is 0 Å². The summed E-state index contributed by atoms with van der Waals surface area (Å²) in [5.74, 6) is 0. The maximum Gasteiger partial charge on any atom is 0.171 e. The highest BCUT2D eigenvalue weighted by molar-refractivity contribution is 9.10. The molecule has 0 aliphatic rings. The molecule has 6 heteroatoms. The zero-order valence-corrected chi connectivity index (χ0v) is 15.1. The second-order valence-electron chi connectivity index (χ2n) is 5.11. The number of hydrogen-bond donors (Lipinski definition) is 2. The highest BCUT2D eigenvalue weighted by Gasteiger charge is 2.07. The predicted octanol–water partition coefficient (Wildman–Crippen LogP) is 4.31. The van der Waals surface area contributed by atoms with Crippen LogP contribution in [0, 0.1) is 0 Å². The molecule has 2 N–H and O–H groups in total. The van der Waals surface area contributed by atoms with E-state index in [0.29, 0.717) is 11.7 Å². The Hall–Kier alpha value is -1.92. The summed E-state index contributed by atoms with van der Waals surface area (Å²) in [5, 5.41) is 13.9. The molecule has 0 aliphatic heterocycles. The van der Waals surface area contributed by atoms with Crippen LogP contribution in [0.15, 0.2) is 53.1 Å². The maximum absolute atomic E-state index is 5.40. The second-order valence-corrected chi connectivity index (χ2v) is 6.38. The zero-order valence-electron chi connectivity index (χ0n) is 12.7. The van der Waals surface area contributed by atoms with Crippen LogP contribution in [-0.4, -0.2) is 14.9 Å². The zero-order chi connectivity index (χ0) is 16.2. The molecule has 1 aromatic heterocycles. The van der Waals surface area contributed by atoms with E-state index < -0.39 is 0 Å². The van der Waals surface area contributed by atoms with E-state index >= 15 is 0 Å². The van der Waals surface area contributed by atoms with Crippen molar-refractivity contribution in [1.82, 2.24) is 15.1 Å². The van der Waals surface area contributed by atoms with Gasteiger partial charge in [0.1, 0.15) is 0 Å². The maximum atomic E-state index is 5.40. The van der Waals surface area contributed by atoms with Gasteiger partial charge in [-0.15, -0.1) is 0 Å². The van der Waals surface area contributed by atoms with E-state index in [9.17, 15) is 0 Å². The molecule has 0 unspecified atom stereocenters. The third kappa shape index (κ3) is 3.71. The van der Waals surface area contributed by atoms with E-state index in [-0.39, 0.29) is 0 Å². The van der Waals surface area contributed by atoms with Crippen molar-refractivity contribution >= 4 is 49.7 Å². The molecule has 118 valence electrons. The van der Waals surface area contributed by atoms with Gasteiger partial charge in [0, 0.05) is 23.8 Å². The van der Waals surface area contributed by atoms with Crippen LogP contribution in [0.1, 0.15) is 12.6 Å². The Morgan fingerprint density at radius 3 is 2.78 bits per heavy atom. The topological polar surface area (TPSA) is 41.9 Å². The molecule has 0 fully saturated rings. The van der Waals surface area contributed by atoms with Crippen LogP contribution in [0.25, 0.3) is 10.8 Å². The van der Waals surface area contributed by atoms with E-state index in [1.807, 2.05) is 35.1 Å². The number of fused-ring (bicyclic) bond motifs is 1. The minimum absolute atomic E-state index is 0.574. The lowest BCUT2D eigenvalue weighted by Gasteiger charge is -2.12. The molecule has 0 saturated carbocycles. The number of nitrogens with one attached hydrogen (secondary N) is 2. The summed E-state index contributed by atoms with van der Waals surface area (Å²) in [5.41, 5.74) is 1.94. The van der Waals surface area contributed by atoms with Crippen LogP contribution in [0.5, 0.6) is 0 Å². The number of thiocarbonyl (C=S) groups is 1. The first-order valence-corrected chi connectivity index (χ1v) is 8.62. The summed E-state index contributed by atoms with van der Waals surface area (Å²) in [6.07, 6.45) is 1.97. The Morgan fingerprint density at radius 1 is 1.22 bits per heavy atom. The molecule has 0 atom stereocenters. The van der Waals surface area contributed by atoms with Gasteiger partial charge in [-0.05, 0) is 46.5 Å². The van der Waals surface area contributed by atoms with Gasteiger partial charge in [-0.25, -0.2) is 0 Å². The number of hydrogen-bond acceptors (Lipinski definition) is 2. The average Bonchev–Trinajstić information content (AvgIpc) is 2.93. The van der Waals surface area contributed by atoms with E-state index in [2.05, 4.69) is 56.8 Å². The monoisotopic (exact) mass is 388 g/mol. The first-order chi connectivity index (χ1) is 11.2. The molecule has 3 rings (SSSR count). The number of nitrogens with zero attached hydrogens (tertiary/aromatic N) is 2. The van der Waals surface area contributed by atoms with E-state index in [1.165, 1.54) is 5.39 Å². The first kappa shape index (κ1) is 16.0. The Labute approximate surface area is 149 Å². The predicted molar refractivity (Wildman–Crippen MR) is 103 cm³/mol. The number of benzene rings is 2. The third-order valence-electron chi connectivity index (χ3n) is 3.57. The SMILES string of the molecule is CCn1cc(Br)c(CNC(=S)Nc2cccc3ccccc23)n1. The van der Waals surface area contributed by atoms with Gasteiger partial charge in [0.15, 0.2) is 5.11 Å². The minimum atomic E-state index is 0.574. The Bertz CT molecular complexity index is 838. The number of aryl methyl sites for hydroxylation is 1. The van der Waals surface area contributed by atoms with E-state index in [4.69, 9.17) is 12.2 Å². The highest BCUT2D eigenvalue weighted by Crippen LogP contribution is 2.22. The lowest BCUT2D eigenvalue weighted by molar-refractivity contribution is 0.643. The van der Waals surface area contributed by atoms with Gasteiger partial charge in [-0.2, -0.15) is 5.10 Å². The summed E-state index contributed by atoms with van der Waals surface area (Å²) in [6.45, 7) is 3.48. The summed E-state index contributed by atoms with van der Waals surface area (Å²) in [4.78, 5) is 0. The Kier molecular flexibility index (Phi) is 4.93. The van der Waals surface area contributed by atoms with Crippen LogP contribution in [0.4, 0.5) is 5.69 Å². The molecular formula is C17H17BrN4S. The molecule has 3 aromatic rings. The Balaban J connectivity index is 1.68. The molecule has 0 amide bonds. The lowest BCUT2D eigenvalue weighted by atomic mass is 10.1. The summed E-state index contributed by atoms with van der Waals surface area (Å²) in [7, 11) is 0. The lowest BCUT2D eigenvalue weighted by Crippen LogP contribution is -2.28. The van der Waals surface area contributed by atoms with Crippen molar-refractivity contribution in [2.45, 2.75) is 20.0 Å². The van der Waals surface area contributed by atoms with Crippen molar-refractivity contribution in [3.8, 4) is 0 Å². The van der Waals surface area contributed by atoms with Gasteiger partial charge in [0.05, 0.1) is 16.7 Å². The van der Waals surface area contributed by atoms with Gasteiger partial charge in [-0.3, -0.25) is 4.68 Å². The number of rotatable bonds is 4. The fourth-order valence-electron chi connectivity index (χ4n) is 2.38. The summed E-state index contributed by atoms with van der Waals surface area (Å²) in [6, 6.07) is 14.4. The van der Waals surface area contributed by atoms with Crippen LogP contribution >= 0.6 is 28.1 Å². The first-order valence-electron chi connectivity index (χ1n) is 7.42. The Morgan fingerprint density at radius 2 is 2.00 bits per heavy atom. The van der Waals surface area contributed by atoms with Crippen molar-refractivity contribution in [3.63, 3.8) is 0 Å². The molecule has 4 nitrogen and oxygen atoms in total. The average molecular weight is 389 g/mol. The number of aromatic nitrogens is 2. The fourth-order valence-corrected chi connectivity index (χ4v) is 3.02. The third-order valence-corrected chi connectivity index (χ3v) is 4.47. The summed E-state index contributed by atoms with van der Waals surface area (Å²) < 4.78 is 2.88. The molecular weight excluding hydrogens is 372 g/mol. The van der Waals surface area contributed by atoms with Gasteiger partial charge in [0.2, 0.25) is 0 Å². The van der Waals surface area contributed by atoms with Crippen LogP contribution < -0.4 is 10.6 Å². The second kappa shape index (κ2) is 7.10. The van der Waals surface area contributed by atoms with Gasteiger partial charge in [-0.1, -0.05) is 36.4 Å². The molecule has 0 aliphatic carbocycles. The molecule has 0 spiro atoms. The van der Waals surface area contributed by atoms with Crippen LogP contribution in [-0.2, 0) is 13.1 Å². The van der Waals surface area contributed by atoms with Gasteiger partial charge < -0.3 is 10.6 Å². The molecule has 0 bridgehead atoms. The van der Waals surface area contributed by atoms with Crippen LogP contribution in [0.2, 0.25) is 0 Å². The van der Waals surface area contributed by atoms with Gasteiger partial charge in [0.25, 0.3) is 0 Å². The van der Waals surface area contributed by atoms with Crippen molar-refractivity contribution in [2.75, 3.05) is 5.32 Å². The van der Waals surface area contributed by atoms with E-state index in [0.717, 1.165) is 27.8 Å². The van der Waals surface area contributed by atoms with Crippen molar-refractivity contribution < 1.29 is 0 Å². The molecule has 23 heavy (non-hydrogen) atoms. The van der Waals surface area contributed by atoms with Crippen molar-refractivity contribution in [3.05, 3.63) is 58.8 Å². The molecule has 0 radical (unpaired) electrons. The molecule has 2 aromatic carbocycles. The molecule has 1 heterocycles. The highest BCUT2D eigenvalue weighted by atomic mass is 79.9. The fraction of sp³-hybridized carbons (Fsp3) is 0.176. The van der Waals surface area contributed by atoms with Crippen molar-refractivity contribution in [2.24, 2.45) is 0 Å². The smallest absolute Gasteiger partial charge is 0.171 e. The van der Waals surface area contributed by atoms with Crippen LogP contribution in [0.3, 0.4) is 0 Å². The molecule has 0 saturated heterocycles. The number of anilines is 1. The quantitative estimate of drug-likeness (QED) is 0.653. The van der Waals surface area contributed by atoms with Gasteiger partial charge >= 0.3 is 0 Å². The standard InChI is InChI=1S/C17H17BrN4S/c1-2-22-11-14(18)16(21-22)10-19-17(23)20-15-9-5-7-12-6-3-4-8-13(12)15/h3-9,11H,2,10H2,1H3,(H2,19,20,23). The summed E-state index contributed by atoms with van der Waals surface area (Å²) >= 11 is 8.92. The largest absolute Gasteiger partial charge is 0.357 e. The normalized spacial score (nSPS) is 10.7. The van der Waals surface area contributed by atoms with E-state index in [1.54, 1.807) is 0 Å². The number of halogens is 1. The minimum Gasteiger partial charge on any atom is -0.357 e.